The molecular weight excluding hydrogens is 294 g/mol. The summed E-state index contributed by atoms with van der Waals surface area (Å²) in [6, 6.07) is 12.9. The van der Waals surface area contributed by atoms with Crippen LogP contribution in [0.25, 0.3) is 20.2 Å². The summed E-state index contributed by atoms with van der Waals surface area (Å²) in [4.78, 5) is 24.6. The fourth-order valence-electron chi connectivity index (χ4n) is 2.42. The van der Waals surface area contributed by atoms with Gasteiger partial charge in [-0.15, -0.1) is 11.3 Å². The summed E-state index contributed by atoms with van der Waals surface area (Å²) in [5.41, 5.74) is 0.636. The van der Waals surface area contributed by atoms with E-state index in [2.05, 4.69) is 12.2 Å². The molecule has 3 nitrogen and oxygen atoms in total. The van der Waals surface area contributed by atoms with E-state index < -0.39 is 0 Å². The molecule has 0 fully saturated rings. The number of carbonyl (C=O) groups is 1. The van der Waals surface area contributed by atoms with Gasteiger partial charge in [-0.1, -0.05) is 25.5 Å². The Morgan fingerprint density at radius 1 is 1.09 bits per heavy atom. The summed E-state index contributed by atoms with van der Waals surface area (Å²) < 4.78 is 1.80. The molecule has 0 atom stereocenters. The van der Waals surface area contributed by atoms with Crippen molar-refractivity contribution in [3.63, 3.8) is 0 Å². The lowest BCUT2D eigenvalue weighted by Crippen LogP contribution is -2.24. The predicted octanol–water partition coefficient (Wildman–Crippen LogP) is 3.94. The predicted molar refractivity (Wildman–Crippen MR) is 92.8 cm³/mol. The van der Waals surface area contributed by atoms with E-state index in [-0.39, 0.29) is 11.3 Å². The molecule has 0 saturated carbocycles. The Hall–Kier alpha value is -2.20. The van der Waals surface area contributed by atoms with Crippen LogP contribution >= 0.6 is 11.3 Å². The van der Waals surface area contributed by atoms with E-state index in [0.717, 1.165) is 27.6 Å². The van der Waals surface area contributed by atoms with Crippen molar-refractivity contribution in [1.29, 1.82) is 0 Å². The van der Waals surface area contributed by atoms with Crippen LogP contribution in [0.1, 0.15) is 30.1 Å². The number of unbranched alkanes of at least 4 members (excludes halogenated alkanes) is 1. The maximum atomic E-state index is 12.5. The number of amides is 1. The van der Waals surface area contributed by atoms with Crippen molar-refractivity contribution in [2.24, 2.45) is 0 Å². The molecule has 3 rings (SSSR count). The largest absolute Gasteiger partial charge is 0.352 e. The van der Waals surface area contributed by atoms with Gasteiger partial charge >= 0.3 is 0 Å². The fraction of sp³-hybridized carbons (Fsp3) is 0.222. The van der Waals surface area contributed by atoms with Gasteiger partial charge in [0, 0.05) is 32.3 Å². The van der Waals surface area contributed by atoms with Crippen LogP contribution in [-0.4, -0.2) is 12.5 Å². The third kappa shape index (κ3) is 2.74. The molecule has 2 aromatic carbocycles. The van der Waals surface area contributed by atoms with Crippen LogP contribution < -0.4 is 10.7 Å². The van der Waals surface area contributed by atoms with Gasteiger partial charge in [-0.25, -0.2) is 0 Å². The highest BCUT2D eigenvalue weighted by atomic mass is 32.1. The number of carbonyl (C=O) groups excluding carboxylic acids is 1. The molecule has 22 heavy (non-hydrogen) atoms. The van der Waals surface area contributed by atoms with Crippen molar-refractivity contribution in [3.8, 4) is 0 Å². The Kier molecular flexibility index (Phi) is 4.20. The third-order valence-electron chi connectivity index (χ3n) is 3.66. The summed E-state index contributed by atoms with van der Waals surface area (Å²) in [5.74, 6) is -0.0804. The van der Waals surface area contributed by atoms with Crippen LogP contribution in [0, 0.1) is 0 Å². The molecule has 4 heteroatoms. The fourth-order valence-corrected chi connectivity index (χ4v) is 3.53. The molecule has 112 valence electrons. The van der Waals surface area contributed by atoms with Gasteiger partial charge in [0.05, 0.1) is 0 Å². The van der Waals surface area contributed by atoms with Crippen LogP contribution in [0.3, 0.4) is 0 Å². The standard InChI is InChI=1S/C18H17NO2S/c1-2-3-10-19-18(21)12-8-9-14-16(11-12)22-15-7-5-4-6-13(15)17(14)20/h4-9,11H,2-3,10H2,1H3,(H,19,21). The van der Waals surface area contributed by atoms with Crippen LogP contribution in [0.15, 0.2) is 47.3 Å². The molecule has 0 aliphatic rings. The van der Waals surface area contributed by atoms with E-state index in [9.17, 15) is 9.59 Å². The molecule has 1 heterocycles. The molecule has 0 spiro atoms. The maximum absolute atomic E-state index is 12.5. The van der Waals surface area contributed by atoms with E-state index in [4.69, 9.17) is 0 Å². The average Bonchev–Trinajstić information content (AvgIpc) is 2.55. The average molecular weight is 311 g/mol. The van der Waals surface area contributed by atoms with Gasteiger partial charge in [-0.3, -0.25) is 9.59 Å². The van der Waals surface area contributed by atoms with Gasteiger partial charge in [0.25, 0.3) is 5.91 Å². The first-order valence-corrected chi connectivity index (χ1v) is 8.26. The smallest absolute Gasteiger partial charge is 0.251 e. The first kappa shape index (κ1) is 14.7. The van der Waals surface area contributed by atoms with Crippen molar-refractivity contribution in [3.05, 3.63) is 58.3 Å². The van der Waals surface area contributed by atoms with E-state index in [1.807, 2.05) is 30.3 Å². The summed E-state index contributed by atoms with van der Waals surface area (Å²) in [6.07, 6.45) is 2.02. The van der Waals surface area contributed by atoms with Crippen LogP contribution in [0.2, 0.25) is 0 Å². The van der Waals surface area contributed by atoms with Crippen LogP contribution in [0.5, 0.6) is 0 Å². The highest BCUT2D eigenvalue weighted by molar-refractivity contribution is 7.24. The Balaban J connectivity index is 2.04. The molecule has 0 unspecified atom stereocenters. The number of fused-ring (bicyclic) bond motifs is 2. The Morgan fingerprint density at radius 3 is 2.68 bits per heavy atom. The van der Waals surface area contributed by atoms with Crippen molar-refractivity contribution in [1.82, 2.24) is 5.32 Å². The molecule has 0 radical (unpaired) electrons. The minimum Gasteiger partial charge on any atom is -0.352 e. The molecule has 0 aliphatic carbocycles. The van der Waals surface area contributed by atoms with Gasteiger partial charge in [-0.2, -0.15) is 0 Å². The Morgan fingerprint density at radius 2 is 1.86 bits per heavy atom. The Labute approximate surface area is 132 Å². The zero-order valence-electron chi connectivity index (χ0n) is 12.4. The first-order valence-electron chi connectivity index (χ1n) is 7.44. The monoisotopic (exact) mass is 311 g/mol. The second-order valence-corrected chi connectivity index (χ2v) is 6.33. The molecule has 1 aromatic heterocycles. The maximum Gasteiger partial charge on any atom is 0.251 e. The van der Waals surface area contributed by atoms with Gasteiger partial charge in [-0.05, 0) is 36.8 Å². The minimum atomic E-state index is -0.0804. The number of nitrogens with one attached hydrogen (secondary N) is 1. The zero-order valence-corrected chi connectivity index (χ0v) is 13.2. The molecule has 0 bridgehead atoms. The highest BCUT2D eigenvalue weighted by Gasteiger charge is 2.09. The van der Waals surface area contributed by atoms with E-state index in [0.29, 0.717) is 17.5 Å². The molecule has 3 aromatic rings. The number of benzene rings is 2. The van der Waals surface area contributed by atoms with Crippen LogP contribution in [0.4, 0.5) is 0 Å². The van der Waals surface area contributed by atoms with Crippen LogP contribution in [-0.2, 0) is 0 Å². The number of hydrogen-bond donors (Lipinski definition) is 1. The zero-order chi connectivity index (χ0) is 15.5. The van der Waals surface area contributed by atoms with Crippen molar-refractivity contribution in [2.75, 3.05) is 6.54 Å². The molecular formula is C18H17NO2S. The number of hydrogen-bond acceptors (Lipinski definition) is 3. The highest BCUT2D eigenvalue weighted by Crippen LogP contribution is 2.25. The van der Waals surface area contributed by atoms with Crippen molar-refractivity contribution >= 4 is 37.4 Å². The summed E-state index contributed by atoms with van der Waals surface area (Å²) in [6.45, 7) is 2.77. The second-order valence-electron chi connectivity index (χ2n) is 5.25. The minimum absolute atomic E-state index is 0.0299. The third-order valence-corrected chi connectivity index (χ3v) is 4.79. The number of rotatable bonds is 4. The Bertz CT molecular complexity index is 898. The molecule has 1 N–H and O–H groups in total. The van der Waals surface area contributed by atoms with E-state index >= 15 is 0 Å². The van der Waals surface area contributed by atoms with E-state index in [1.165, 1.54) is 0 Å². The lowest BCUT2D eigenvalue weighted by molar-refractivity contribution is 0.0953. The molecule has 1 amide bonds. The van der Waals surface area contributed by atoms with Crippen molar-refractivity contribution < 1.29 is 4.79 Å². The lowest BCUT2D eigenvalue weighted by Gasteiger charge is -2.06. The summed E-state index contributed by atoms with van der Waals surface area (Å²) in [5, 5.41) is 4.31. The molecule has 0 saturated heterocycles. The summed E-state index contributed by atoms with van der Waals surface area (Å²) >= 11 is 1.55. The van der Waals surface area contributed by atoms with E-state index in [1.54, 1.807) is 23.5 Å². The quantitative estimate of drug-likeness (QED) is 0.586. The summed E-state index contributed by atoms with van der Waals surface area (Å²) in [7, 11) is 0. The lowest BCUT2D eigenvalue weighted by atomic mass is 10.1. The SMILES string of the molecule is CCCCNC(=O)c1ccc2c(=O)c3ccccc3sc2c1. The topological polar surface area (TPSA) is 46.2 Å². The van der Waals surface area contributed by atoms with Gasteiger partial charge in [0.2, 0.25) is 0 Å². The van der Waals surface area contributed by atoms with Gasteiger partial charge in [0.1, 0.15) is 0 Å². The van der Waals surface area contributed by atoms with Crippen molar-refractivity contribution in [2.45, 2.75) is 19.8 Å². The molecule has 0 aliphatic heterocycles. The second kappa shape index (κ2) is 6.28. The van der Waals surface area contributed by atoms with Gasteiger partial charge in [0.15, 0.2) is 5.43 Å². The first-order chi connectivity index (χ1) is 10.7. The van der Waals surface area contributed by atoms with Gasteiger partial charge < -0.3 is 5.32 Å². The normalized spacial score (nSPS) is 11.0.